The Labute approximate surface area is 189 Å². The fraction of sp³-hybridized carbons (Fsp3) is 0.368. The van der Waals surface area contributed by atoms with Crippen LogP contribution in [0.2, 0.25) is 0 Å². The van der Waals surface area contributed by atoms with Crippen LogP contribution in [0.4, 0.5) is 17.6 Å². The van der Waals surface area contributed by atoms with Gasteiger partial charge >= 0.3 is 6.18 Å². The normalized spacial score (nSPS) is 11.6. The van der Waals surface area contributed by atoms with Crippen LogP contribution >= 0.6 is 24.0 Å². The second-order valence-electron chi connectivity index (χ2n) is 5.89. The highest BCUT2D eigenvalue weighted by Crippen LogP contribution is 2.32. The maximum atomic E-state index is 13.2. The first-order chi connectivity index (χ1) is 13.8. The lowest BCUT2D eigenvalue weighted by atomic mass is 10.1. The molecule has 0 radical (unpaired) electrons. The number of aromatic nitrogens is 1. The van der Waals surface area contributed by atoms with Gasteiger partial charge in [-0.15, -0.1) is 24.0 Å². The average Bonchev–Trinajstić information content (AvgIpc) is 2.69. The molecule has 0 saturated heterocycles. The average molecular weight is 542 g/mol. The predicted molar refractivity (Wildman–Crippen MR) is 115 cm³/mol. The minimum Gasteiger partial charge on any atom is -0.475 e. The number of rotatable bonds is 8. The summed E-state index contributed by atoms with van der Waals surface area (Å²) < 4.78 is 63.0. The molecule has 0 aliphatic carbocycles. The summed E-state index contributed by atoms with van der Waals surface area (Å²) in [5, 5.41) is 5.78. The molecule has 166 valence electrons. The van der Waals surface area contributed by atoms with E-state index in [9.17, 15) is 17.6 Å². The first-order valence-electron chi connectivity index (χ1n) is 8.71. The third kappa shape index (κ3) is 7.94. The molecule has 30 heavy (non-hydrogen) atoms. The Morgan fingerprint density at radius 3 is 2.43 bits per heavy atom. The molecular formula is C19H23F4IN4O2. The van der Waals surface area contributed by atoms with Crippen molar-refractivity contribution in [3.8, 4) is 5.88 Å². The number of halogens is 5. The van der Waals surface area contributed by atoms with Crippen LogP contribution in [0.25, 0.3) is 0 Å². The van der Waals surface area contributed by atoms with E-state index in [0.717, 1.165) is 17.7 Å². The van der Waals surface area contributed by atoms with Gasteiger partial charge in [0.15, 0.2) is 5.96 Å². The van der Waals surface area contributed by atoms with E-state index >= 15 is 0 Å². The van der Waals surface area contributed by atoms with Gasteiger partial charge in [-0.25, -0.2) is 9.37 Å². The second kappa shape index (κ2) is 12.5. The Morgan fingerprint density at radius 2 is 1.80 bits per heavy atom. The van der Waals surface area contributed by atoms with E-state index in [1.807, 2.05) is 0 Å². The highest BCUT2D eigenvalue weighted by molar-refractivity contribution is 14.0. The van der Waals surface area contributed by atoms with Crippen molar-refractivity contribution in [2.45, 2.75) is 19.3 Å². The van der Waals surface area contributed by atoms with Crippen LogP contribution < -0.4 is 15.4 Å². The van der Waals surface area contributed by atoms with Gasteiger partial charge in [-0.3, -0.25) is 4.99 Å². The molecule has 0 bridgehead atoms. The molecule has 0 aliphatic heterocycles. The third-order valence-electron chi connectivity index (χ3n) is 3.87. The fourth-order valence-electron chi connectivity index (χ4n) is 2.46. The Kier molecular flexibility index (Phi) is 10.8. The zero-order valence-corrected chi connectivity index (χ0v) is 18.8. The van der Waals surface area contributed by atoms with Crippen molar-refractivity contribution in [2.75, 3.05) is 27.4 Å². The van der Waals surface area contributed by atoms with Gasteiger partial charge in [-0.1, -0.05) is 12.1 Å². The maximum Gasteiger partial charge on any atom is 0.416 e. The van der Waals surface area contributed by atoms with E-state index in [-0.39, 0.29) is 48.6 Å². The van der Waals surface area contributed by atoms with Crippen LogP contribution in [0.3, 0.4) is 0 Å². The fourth-order valence-corrected chi connectivity index (χ4v) is 2.46. The van der Waals surface area contributed by atoms with E-state index in [1.54, 1.807) is 25.4 Å². The predicted octanol–water partition coefficient (Wildman–Crippen LogP) is 3.75. The standard InChI is InChI=1S/C19H22F4N4O2.HI/c1-24-18(26-11-13-5-6-15(20)10-16(13)19(21,22)23)27-12-14-4-3-7-25-17(14)29-9-8-28-2;/h3-7,10H,8-9,11-12H2,1-2H3,(H2,24,26,27);1H. The molecule has 0 aliphatic rings. The molecule has 0 amide bonds. The van der Waals surface area contributed by atoms with Crippen LogP contribution in [-0.2, 0) is 24.0 Å². The molecule has 6 nitrogen and oxygen atoms in total. The Balaban J connectivity index is 0.00000450. The summed E-state index contributed by atoms with van der Waals surface area (Å²) in [6, 6.07) is 6.11. The number of nitrogens with zero attached hydrogens (tertiary/aromatic N) is 2. The number of methoxy groups -OCH3 is 1. The number of ether oxygens (including phenoxy) is 2. The van der Waals surface area contributed by atoms with Crippen molar-refractivity contribution in [1.82, 2.24) is 15.6 Å². The summed E-state index contributed by atoms with van der Waals surface area (Å²) in [6.07, 6.45) is -3.06. The summed E-state index contributed by atoms with van der Waals surface area (Å²) in [4.78, 5) is 8.15. The lowest BCUT2D eigenvalue weighted by molar-refractivity contribution is -0.138. The van der Waals surface area contributed by atoms with Gasteiger partial charge in [0.1, 0.15) is 12.4 Å². The lowest BCUT2D eigenvalue weighted by Gasteiger charge is -2.16. The van der Waals surface area contributed by atoms with Gasteiger partial charge in [0.25, 0.3) is 0 Å². The van der Waals surface area contributed by atoms with Gasteiger partial charge < -0.3 is 20.1 Å². The quantitative estimate of drug-likeness (QED) is 0.175. The minimum atomic E-state index is -4.65. The summed E-state index contributed by atoms with van der Waals surface area (Å²) in [5.74, 6) is -0.249. The molecule has 1 aromatic carbocycles. The van der Waals surface area contributed by atoms with Crippen LogP contribution in [-0.4, -0.2) is 38.3 Å². The first kappa shape index (κ1) is 25.9. The molecule has 1 heterocycles. The molecule has 1 aromatic heterocycles. The van der Waals surface area contributed by atoms with E-state index < -0.39 is 17.6 Å². The Bertz CT molecular complexity index is 834. The number of benzene rings is 1. The van der Waals surface area contributed by atoms with Crippen molar-refractivity contribution < 1.29 is 27.0 Å². The van der Waals surface area contributed by atoms with Crippen LogP contribution in [0.1, 0.15) is 16.7 Å². The van der Waals surface area contributed by atoms with Gasteiger partial charge in [0.05, 0.1) is 12.2 Å². The molecular weight excluding hydrogens is 519 g/mol. The van der Waals surface area contributed by atoms with Crippen LogP contribution in [0.15, 0.2) is 41.5 Å². The van der Waals surface area contributed by atoms with Gasteiger partial charge in [0, 0.05) is 39.0 Å². The number of aliphatic imine (C=N–C) groups is 1. The zero-order valence-electron chi connectivity index (χ0n) is 16.4. The van der Waals surface area contributed by atoms with Gasteiger partial charge in [-0.2, -0.15) is 13.2 Å². The van der Waals surface area contributed by atoms with Crippen molar-refractivity contribution in [3.63, 3.8) is 0 Å². The topological polar surface area (TPSA) is 67.8 Å². The van der Waals surface area contributed by atoms with Gasteiger partial charge in [-0.05, 0) is 23.8 Å². The molecule has 0 saturated carbocycles. The molecule has 0 unspecified atom stereocenters. The number of guanidine groups is 1. The molecule has 0 atom stereocenters. The van der Waals surface area contributed by atoms with Crippen LogP contribution in [0.5, 0.6) is 5.88 Å². The molecule has 2 rings (SSSR count). The van der Waals surface area contributed by atoms with E-state index in [4.69, 9.17) is 9.47 Å². The van der Waals surface area contributed by atoms with Crippen molar-refractivity contribution >= 4 is 29.9 Å². The summed E-state index contributed by atoms with van der Waals surface area (Å²) >= 11 is 0. The van der Waals surface area contributed by atoms with Crippen molar-refractivity contribution in [3.05, 3.63) is 59.0 Å². The summed E-state index contributed by atoms with van der Waals surface area (Å²) in [5.41, 5.74) is -0.377. The second-order valence-corrected chi connectivity index (χ2v) is 5.89. The molecule has 2 N–H and O–H groups in total. The number of hydrogen-bond donors (Lipinski definition) is 2. The van der Waals surface area contributed by atoms with Crippen molar-refractivity contribution in [2.24, 2.45) is 4.99 Å². The molecule has 0 fully saturated rings. The minimum absolute atomic E-state index is 0. The zero-order chi connectivity index (χ0) is 21.3. The monoisotopic (exact) mass is 542 g/mol. The summed E-state index contributed by atoms with van der Waals surface area (Å²) in [7, 11) is 3.05. The number of nitrogens with one attached hydrogen (secondary N) is 2. The van der Waals surface area contributed by atoms with Crippen LogP contribution in [0, 0.1) is 5.82 Å². The summed E-state index contributed by atoms with van der Waals surface area (Å²) in [6.45, 7) is 0.842. The van der Waals surface area contributed by atoms with E-state index in [1.165, 1.54) is 7.05 Å². The highest BCUT2D eigenvalue weighted by Gasteiger charge is 2.33. The van der Waals surface area contributed by atoms with Gasteiger partial charge in [0.2, 0.25) is 5.88 Å². The smallest absolute Gasteiger partial charge is 0.416 e. The number of pyridine rings is 1. The number of hydrogen-bond acceptors (Lipinski definition) is 4. The Hall–Kier alpha value is -2.15. The highest BCUT2D eigenvalue weighted by atomic mass is 127. The molecule has 2 aromatic rings. The lowest BCUT2D eigenvalue weighted by Crippen LogP contribution is -2.37. The van der Waals surface area contributed by atoms with E-state index in [0.29, 0.717) is 25.2 Å². The Morgan fingerprint density at radius 1 is 1.10 bits per heavy atom. The van der Waals surface area contributed by atoms with Crippen molar-refractivity contribution in [1.29, 1.82) is 0 Å². The molecule has 0 spiro atoms. The largest absolute Gasteiger partial charge is 0.475 e. The van der Waals surface area contributed by atoms with E-state index in [2.05, 4.69) is 20.6 Å². The first-order valence-corrected chi connectivity index (χ1v) is 8.71. The number of alkyl halides is 3. The third-order valence-corrected chi connectivity index (χ3v) is 3.87. The SMILES string of the molecule is CN=C(NCc1ccc(F)cc1C(F)(F)F)NCc1cccnc1OCCOC.I. The molecule has 11 heteroatoms. The maximum absolute atomic E-state index is 13.2.